The highest BCUT2D eigenvalue weighted by Crippen LogP contribution is 2.20. The van der Waals surface area contributed by atoms with Crippen molar-refractivity contribution in [2.45, 2.75) is 33.8 Å². The summed E-state index contributed by atoms with van der Waals surface area (Å²) in [6.07, 6.45) is -1.08. The molecule has 0 saturated carbocycles. The summed E-state index contributed by atoms with van der Waals surface area (Å²) in [5.41, 5.74) is 2.20. The Kier molecular flexibility index (Phi) is 6.35. The van der Waals surface area contributed by atoms with E-state index >= 15 is 0 Å². The maximum Gasteiger partial charge on any atom is 0.355 e. The lowest BCUT2D eigenvalue weighted by Crippen LogP contribution is -2.30. The fourth-order valence-electron chi connectivity index (χ4n) is 2.67. The molecular weight excluding hydrogens is 364 g/mol. The smallest absolute Gasteiger partial charge is 0.355 e. The van der Waals surface area contributed by atoms with Crippen molar-refractivity contribution in [2.24, 2.45) is 0 Å². The Morgan fingerprint density at radius 1 is 1.04 bits per heavy atom. The molecule has 0 bridgehead atoms. The molecule has 2 rings (SSSR count). The zero-order chi connectivity index (χ0) is 21.0. The number of methoxy groups -OCH3 is 1. The van der Waals surface area contributed by atoms with Crippen LogP contribution in [0.25, 0.3) is 0 Å². The van der Waals surface area contributed by atoms with Gasteiger partial charge in [0.25, 0.3) is 5.91 Å². The summed E-state index contributed by atoms with van der Waals surface area (Å²) < 4.78 is 9.91. The highest BCUT2D eigenvalue weighted by molar-refractivity contribution is 6.01. The first-order chi connectivity index (χ1) is 13.1. The molecule has 2 N–H and O–H groups in total. The number of carbonyl (C=O) groups excluding carboxylic acids is 4. The molecule has 0 radical (unpaired) electrons. The molecule has 2 aromatic rings. The van der Waals surface area contributed by atoms with Crippen LogP contribution >= 0.6 is 0 Å². The second-order valence-corrected chi connectivity index (χ2v) is 6.29. The number of benzene rings is 1. The van der Waals surface area contributed by atoms with Crippen LogP contribution in [-0.4, -0.2) is 41.8 Å². The van der Waals surface area contributed by atoms with Crippen LogP contribution in [0.15, 0.2) is 24.3 Å². The minimum atomic E-state index is -1.08. The number of aryl methyl sites for hydroxylation is 1. The van der Waals surface area contributed by atoms with Crippen molar-refractivity contribution in [3.05, 3.63) is 52.3 Å². The van der Waals surface area contributed by atoms with Crippen LogP contribution < -0.4 is 5.32 Å². The second kappa shape index (κ2) is 8.51. The summed E-state index contributed by atoms with van der Waals surface area (Å²) >= 11 is 0. The van der Waals surface area contributed by atoms with Gasteiger partial charge in [-0.15, -0.1) is 0 Å². The Bertz CT molecular complexity index is 927. The lowest BCUT2D eigenvalue weighted by Gasteiger charge is -2.13. The number of carbonyl (C=O) groups is 4. The van der Waals surface area contributed by atoms with Gasteiger partial charge in [-0.05, 0) is 57.5 Å². The predicted octanol–water partition coefficient (Wildman–Crippen LogP) is 2.80. The highest BCUT2D eigenvalue weighted by atomic mass is 16.5. The number of aromatic nitrogens is 1. The van der Waals surface area contributed by atoms with Gasteiger partial charge in [0.1, 0.15) is 5.69 Å². The topological polar surface area (TPSA) is 115 Å². The standard InChI is InChI=1S/C20H22N2O6/c1-10-16(19(25)27-5)11(2)21-17(10)20(26)28-13(4)18(24)22-15-8-6-14(7-9-15)12(3)23/h6-9,13,21H,1-5H3,(H,22,24)/t13-/m0/s1. The third-order valence-corrected chi connectivity index (χ3v) is 4.24. The molecule has 1 heterocycles. The number of ketones is 1. The van der Waals surface area contributed by atoms with Gasteiger partial charge in [-0.1, -0.05) is 0 Å². The van der Waals surface area contributed by atoms with Crippen LogP contribution in [-0.2, 0) is 14.3 Å². The van der Waals surface area contributed by atoms with E-state index in [9.17, 15) is 19.2 Å². The third-order valence-electron chi connectivity index (χ3n) is 4.24. The molecule has 8 nitrogen and oxygen atoms in total. The van der Waals surface area contributed by atoms with E-state index in [-0.39, 0.29) is 17.0 Å². The van der Waals surface area contributed by atoms with Crippen LogP contribution in [0.3, 0.4) is 0 Å². The molecule has 0 spiro atoms. The third kappa shape index (κ3) is 4.46. The van der Waals surface area contributed by atoms with Crippen LogP contribution in [0.2, 0.25) is 0 Å². The minimum absolute atomic E-state index is 0.0805. The molecule has 8 heteroatoms. The van der Waals surface area contributed by atoms with Crippen LogP contribution in [0, 0.1) is 13.8 Å². The first kappa shape index (κ1) is 20.9. The Morgan fingerprint density at radius 3 is 2.18 bits per heavy atom. The van der Waals surface area contributed by atoms with Crippen LogP contribution in [0.1, 0.15) is 56.3 Å². The Balaban J connectivity index is 2.06. The van der Waals surface area contributed by atoms with E-state index in [4.69, 9.17) is 9.47 Å². The fraction of sp³-hybridized carbons (Fsp3) is 0.300. The summed E-state index contributed by atoms with van der Waals surface area (Å²) in [6.45, 7) is 6.11. The number of nitrogens with one attached hydrogen (secondary N) is 2. The normalized spacial score (nSPS) is 11.5. The van der Waals surface area contributed by atoms with Gasteiger partial charge in [0.2, 0.25) is 0 Å². The Morgan fingerprint density at radius 2 is 1.64 bits per heavy atom. The van der Waals surface area contributed by atoms with E-state index in [0.29, 0.717) is 22.5 Å². The van der Waals surface area contributed by atoms with Crippen molar-refractivity contribution < 1.29 is 28.7 Å². The number of amides is 1. The van der Waals surface area contributed by atoms with Crippen LogP contribution in [0.4, 0.5) is 5.69 Å². The average molecular weight is 386 g/mol. The molecule has 0 fully saturated rings. The minimum Gasteiger partial charge on any atom is -0.465 e. The average Bonchev–Trinajstić information content (AvgIpc) is 2.95. The second-order valence-electron chi connectivity index (χ2n) is 6.29. The van der Waals surface area contributed by atoms with Crippen molar-refractivity contribution in [1.82, 2.24) is 4.98 Å². The summed E-state index contributed by atoms with van der Waals surface area (Å²) in [6, 6.07) is 6.36. The van der Waals surface area contributed by atoms with Crippen molar-refractivity contribution in [3.63, 3.8) is 0 Å². The molecule has 1 aromatic carbocycles. The van der Waals surface area contributed by atoms with E-state index in [1.54, 1.807) is 38.1 Å². The molecule has 0 aliphatic heterocycles. The lowest BCUT2D eigenvalue weighted by atomic mass is 10.1. The largest absolute Gasteiger partial charge is 0.465 e. The summed E-state index contributed by atoms with van der Waals surface area (Å²) in [5, 5.41) is 2.61. The first-order valence-corrected chi connectivity index (χ1v) is 8.56. The van der Waals surface area contributed by atoms with Gasteiger partial charge < -0.3 is 19.8 Å². The van der Waals surface area contributed by atoms with Gasteiger partial charge >= 0.3 is 11.9 Å². The predicted molar refractivity (Wildman–Crippen MR) is 102 cm³/mol. The molecule has 1 aromatic heterocycles. The van der Waals surface area contributed by atoms with Crippen LogP contribution in [0.5, 0.6) is 0 Å². The molecule has 0 aliphatic carbocycles. The number of ether oxygens (including phenoxy) is 2. The van der Waals surface area contributed by atoms with Crippen molar-refractivity contribution >= 4 is 29.3 Å². The van der Waals surface area contributed by atoms with E-state index in [1.165, 1.54) is 21.0 Å². The van der Waals surface area contributed by atoms with Gasteiger partial charge in [-0.25, -0.2) is 9.59 Å². The van der Waals surface area contributed by atoms with Gasteiger partial charge in [-0.2, -0.15) is 0 Å². The van der Waals surface area contributed by atoms with Crippen molar-refractivity contribution in [3.8, 4) is 0 Å². The molecule has 1 amide bonds. The van der Waals surface area contributed by atoms with Gasteiger partial charge in [-0.3, -0.25) is 9.59 Å². The molecule has 1 atom stereocenters. The molecule has 148 valence electrons. The van der Waals surface area contributed by atoms with Gasteiger partial charge in [0, 0.05) is 16.9 Å². The van der Waals surface area contributed by atoms with Crippen molar-refractivity contribution in [1.29, 1.82) is 0 Å². The number of aromatic amines is 1. The van der Waals surface area contributed by atoms with Crippen molar-refractivity contribution in [2.75, 3.05) is 12.4 Å². The van der Waals surface area contributed by atoms with E-state index in [1.807, 2.05) is 0 Å². The van der Waals surface area contributed by atoms with Gasteiger partial charge in [0.15, 0.2) is 11.9 Å². The monoisotopic (exact) mass is 386 g/mol. The number of Topliss-reactive ketones (excluding diaryl/α,β-unsaturated/α-hetero) is 1. The zero-order valence-corrected chi connectivity index (χ0v) is 16.3. The number of rotatable bonds is 6. The molecule has 0 aliphatic rings. The number of esters is 2. The summed E-state index contributed by atoms with van der Waals surface area (Å²) in [4.78, 5) is 50.6. The van der Waals surface area contributed by atoms with E-state index in [0.717, 1.165) is 0 Å². The molecule has 0 saturated heterocycles. The molecule has 0 unspecified atom stereocenters. The van der Waals surface area contributed by atoms with E-state index in [2.05, 4.69) is 10.3 Å². The van der Waals surface area contributed by atoms with Gasteiger partial charge in [0.05, 0.1) is 12.7 Å². The maximum absolute atomic E-state index is 12.4. The SMILES string of the molecule is COC(=O)c1c(C)[nH]c(C(=O)O[C@@H](C)C(=O)Nc2ccc(C(C)=O)cc2)c1C. The summed E-state index contributed by atoms with van der Waals surface area (Å²) in [7, 11) is 1.25. The molecular formula is C20H22N2O6. The highest BCUT2D eigenvalue weighted by Gasteiger charge is 2.26. The number of H-pyrrole nitrogens is 1. The Hall–Kier alpha value is -3.42. The lowest BCUT2D eigenvalue weighted by molar-refractivity contribution is -0.123. The number of hydrogen-bond acceptors (Lipinski definition) is 6. The van der Waals surface area contributed by atoms with E-state index < -0.39 is 23.9 Å². The molecule has 28 heavy (non-hydrogen) atoms. The Labute approximate surface area is 162 Å². The summed E-state index contributed by atoms with van der Waals surface area (Å²) in [5.74, 6) is -1.93. The number of anilines is 1. The number of hydrogen-bond donors (Lipinski definition) is 2. The zero-order valence-electron chi connectivity index (χ0n) is 16.3. The first-order valence-electron chi connectivity index (χ1n) is 8.56. The quantitative estimate of drug-likeness (QED) is 0.583. The maximum atomic E-state index is 12.4. The fourth-order valence-corrected chi connectivity index (χ4v) is 2.67.